The molecule has 4 atom stereocenters. The second-order valence-corrected chi connectivity index (χ2v) is 6.73. The molecule has 0 bridgehead atoms. The fourth-order valence-corrected chi connectivity index (χ4v) is 3.20. The molecule has 1 aliphatic rings. The minimum atomic E-state index is -0.823. The number of nitrogens with zero attached hydrogens (tertiary/aromatic N) is 1. The molecule has 0 aromatic heterocycles. The molecule has 1 aliphatic carbocycles. The lowest BCUT2D eigenvalue weighted by molar-refractivity contribution is -0.386. The number of benzene rings is 1. The SMILES string of the molecule is COc1ccc(O[C@H](C)C(=O)N[C@H]2CCC[C@H](C)[C@H]2C)c([N+](=O)[O-])c1. The van der Waals surface area contributed by atoms with E-state index in [9.17, 15) is 14.9 Å². The van der Waals surface area contributed by atoms with Gasteiger partial charge in [-0.25, -0.2) is 0 Å². The second kappa shape index (κ2) is 8.18. The topological polar surface area (TPSA) is 90.7 Å². The lowest BCUT2D eigenvalue weighted by Gasteiger charge is -2.35. The summed E-state index contributed by atoms with van der Waals surface area (Å²) in [6.45, 7) is 5.94. The van der Waals surface area contributed by atoms with Gasteiger partial charge in [0.2, 0.25) is 0 Å². The number of rotatable bonds is 6. The van der Waals surface area contributed by atoms with Crippen molar-refractivity contribution < 1.29 is 19.2 Å². The van der Waals surface area contributed by atoms with Crippen molar-refractivity contribution in [3.8, 4) is 11.5 Å². The van der Waals surface area contributed by atoms with Crippen LogP contribution < -0.4 is 14.8 Å². The average molecular weight is 350 g/mol. The molecule has 1 aromatic carbocycles. The van der Waals surface area contributed by atoms with E-state index in [-0.39, 0.29) is 23.4 Å². The van der Waals surface area contributed by atoms with Crippen LogP contribution in [0.3, 0.4) is 0 Å². The summed E-state index contributed by atoms with van der Waals surface area (Å²) >= 11 is 0. The molecule has 0 radical (unpaired) electrons. The van der Waals surface area contributed by atoms with E-state index in [1.54, 1.807) is 13.0 Å². The Morgan fingerprint density at radius 2 is 2.08 bits per heavy atom. The highest BCUT2D eigenvalue weighted by molar-refractivity contribution is 5.81. The predicted octanol–water partition coefficient (Wildman–Crippen LogP) is 3.31. The number of hydrogen-bond acceptors (Lipinski definition) is 5. The molecule has 0 spiro atoms. The largest absolute Gasteiger partial charge is 0.496 e. The monoisotopic (exact) mass is 350 g/mol. The molecule has 1 N–H and O–H groups in total. The Morgan fingerprint density at radius 3 is 2.72 bits per heavy atom. The summed E-state index contributed by atoms with van der Waals surface area (Å²) < 4.78 is 10.6. The van der Waals surface area contributed by atoms with E-state index >= 15 is 0 Å². The van der Waals surface area contributed by atoms with Gasteiger partial charge in [0.1, 0.15) is 5.75 Å². The van der Waals surface area contributed by atoms with Crippen molar-refractivity contribution in [1.29, 1.82) is 0 Å². The maximum atomic E-state index is 12.4. The normalized spacial score (nSPS) is 24.2. The third kappa shape index (κ3) is 4.61. The zero-order valence-electron chi connectivity index (χ0n) is 15.2. The van der Waals surface area contributed by atoms with Crippen molar-refractivity contribution in [2.24, 2.45) is 11.8 Å². The quantitative estimate of drug-likeness (QED) is 0.628. The zero-order chi connectivity index (χ0) is 18.6. The summed E-state index contributed by atoms with van der Waals surface area (Å²) in [5.41, 5.74) is -0.223. The van der Waals surface area contributed by atoms with Crippen molar-refractivity contribution in [2.75, 3.05) is 7.11 Å². The summed E-state index contributed by atoms with van der Waals surface area (Å²) in [5.74, 6) is 1.13. The van der Waals surface area contributed by atoms with E-state index < -0.39 is 11.0 Å². The lowest BCUT2D eigenvalue weighted by Crippen LogP contribution is -2.48. The molecule has 0 aliphatic heterocycles. The third-order valence-corrected chi connectivity index (χ3v) is 5.07. The highest BCUT2D eigenvalue weighted by atomic mass is 16.6. The summed E-state index contributed by atoms with van der Waals surface area (Å²) in [6, 6.07) is 4.42. The van der Waals surface area contributed by atoms with Crippen LogP contribution in [0.4, 0.5) is 5.69 Å². The highest BCUT2D eigenvalue weighted by Crippen LogP contribution is 2.32. The van der Waals surface area contributed by atoms with Crippen LogP contribution in [0.5, 0.6) is 11.5 Å². The molecule has 0 heterocycles. The van der Waals surface area contributed by atoms with E-state index in [0.717, 1.165) is 12.8 Å². The number of carbonyl (C=O) groups is 1. The number of nitro benzene ring substituents is 1. The van der Waals surface area contributed by atoms with Crippen LogP contribution in [0, 0.1) is 22.0 Å². The van der Waals surface area contributed by atoms with Crippen LogP contribution in [0.1, 0.15) is 40.0 Å². The smallest absolute Gasteiger partial charge is 0.314 e. The first-order valence-corrected chi connectivity index (χ1v) is 8.63. The number of carbonyl (C=O) groups excluding carboxylic acids is 1. The maximum absolute atomic E-state index is 12.4. The Balaban J connectivity index is 2.05. The van der Waals surface area contributed by atoms with E-state index in [2.05, 4.69) is 19.2 Å². The molecule has 138 valence electrons. The van der Waals surface area contributed by atoms with Crippen LogP contribution in [0.25, 0.3) is 0 Å². The van der Waals surface area contributed by atoms with Gasteiger partial charge in [0, 0.05) is 6.04 Å². The summed E-state index contributed by atoms with van der Waals surface area (Å²) in [4.78, 5) is 23.1. The fourth-order valence-electron chi connectivity index (χ4n) is 3.20. The van der Waals surface area contributed by atoms with Gasteiger partial charge in [-0.05, 0) is 37.3 Å². The van der Waals surface area contributed by atoms with Gasteiger partial charge in [0.05, 0.1) is 18.1 Å². The molecular weight excluding hydrogens is 324 g/mol. The highest BCUT2D eigenvalue weighted by Gasteiger charge is 2.30. The van der Waals surface area contributed by atoms with E-state index in [4.69, 9.17) is 9.47 Å². The van der Waals surface area contributed by atoms with Crippen LogP contribution >= 0.6 is 0 Å². The molecule has 7 heteroatoms. The number of amides is 1. The molecule has 1 aromatic rings. The molecule has 1 fully saturated rings. The Morgan fingerprint density at radius 1 is 1.36 bits per heavy atom. The van der Waals surface area contributed by atoms with E-state index in [1.807, 2.05) is 0 Å². The van der Waals surface area contributed by atoms with Gasteiger partial charge in [-0.1, -0.05) is 26.7 Å². The van der Waals surface area contributed by atoms with Crippen molar-refractivity contribution in [3.05, 3.63) is 28.3 Å². The molecule has 1 amide bonds. The fraction of sp³-hybridized carbons (Fsp3) is 0.611. The maximum Gasteiger partial charge on any atom is 0.314 e. The predicted molar refractivity (Wildman–Crippen MR) is 93.8 cm³/mol. The first-order valence-electron chi connectivity index (χ1n) is 8.63. The van der Waals surface area contributed by atoms with Gasteiger partial charge < -0.3 is 14.8 Å². The van der Waals surface area contributed by atoms with Crippen LogP contribution in [0.15, 0.2) is 18.2 Å². The third-order valence-electron chi connectivity index (χ3n) is 5.07. The van der Waals surface area contributed by atoms with Gasteiger partial charge in [0.25, 0.3) is 5.91 Å². The van der Waals surface area contributed by atoms with Gasteiger partial charge in [0.15, 0.2) is 11.9 Å². The molecule has 25 heavy (non-hydrogen) atoms. The van der Waals surface area contributed by atoms with Crippen LogP contribution in [0.2, 0.25) is 0 Å². The van der Waals surface area contributed by atoms with Gasteiger partial charge in [-0.3, -0.25) is 14.9 Å². The molecule has 0 unspecified atom stereocenters. The van der Waals surface area contributed by atoms with E-state index in [0.29, 0.717) is 17.6 Å². The first-order chi connectivity index (χ1) is 11.8. The number of hydrogen-bond donors (Lipinski definition) is 1. The van der Waals surface area contributed by atoms with Crippen molar-refractivity contribution >= 4 is 11.6 Å². The average Bonchev–Trinajstić information content (AvgIpc) is 2.59. The number of nitrogens with one attached hydrogen (secondary N) is 1. The Kier molecular flexibility index (Phi) is 6.22. The van der Waals surface area contributed by atoms with Gasteiger partial charge >= 0.3 is 5.69 Å². The minimum absolute atomic E-state index is 0.0542. The summed E-state index contributed by atoms with van der Waals surface area (Å²) in [7, 11) is 1.43. The molecule has 0 saturated heterocycles. The molecule has 2 rings (SSSR count). The number of nitro groups is 1. The Labute approximate surface area is 147 Å². The van der Waals surface area contributed by atoms with Gasteiger partial charge in [-0.15, -0.1) is 0 Å². The lowest BCUT2D eigenvalue weighted by atomic mass is 9.78. The van der Waals surface area contributed by atoms with Crippen LogP contribution in [-0.2, 0) is 4.79 Å². The first kappa shape index (κ1) is 19.0. The van der Waals surface area contributed by atoms with Crippen LogP contribution in [-0.4, -0.2) is 30.1 Å². The summed E-state index contributed by atoms with van der Waals surface area (Å²) in [6.07, 6.45) is 2.40. The minimum Gasteiger partial charge on any atom is -0.496 e. The van der Waals surface area contributed by atoms with Crippen molar-refractivity contribution in [1.82, 2.24) is 5.32 Å². The standard InChI is InChI=1S/C18H26N2O5/c1-11-6-5-7-15(12(11)2)19-18(21)13(3)25-17-9-8-14(24-4)10-16(17)20(22)23/h8-13,15H,5-7H2,1-4H3,(H,19,21)/t11-,12+,13+,15-/m0/s1. The van der Waals surface area contributed by atoms with Crippen molar-refractivity contribution in [2.45, 2.75) is 52.2 Å². The van der Waals surface area contributed by atoms with Gasteiger partial charge in [-0.2, -0.15) is 0 Å². The number of ether oxygens (including phenoxy) is 2. The zero-order valence-corrected chi connectivity index (χ0v) is 15.2. The Bertz CT molecular complexity index is 634. The second-order valence-electron chi connectivity index (χ2n) is 6.73. The molecular formula is C18H26N2O5. The van der Waals surface area contributed by atoms with E-state index in [1.165, 1.54) is 25.7 Å². The summed E-state index contributed by atoms with van der Waals surface area (Å²) in [5, 5.41) is 14.2. The number of methoxy groups -OCH3 is 1. The van der Waals surface area contributed by atoms with Crippen molar-refractivity contribution in [3.63, 3.8) is 0 Å². The Hall–Kier alpha value is -2.31. The molecule has 1 saturated carbocycles. The molecule has 7 nitrogen and oxygen atoms in total.